The van der Waals surface area contributed by atoms with Gasteiger partial charge in [0.2, 0.25) is 0 Å². The monoisotopic (exact) mass is 512 g/mol. The SMILES string of the molecule is BC(B)(B)Nc1ncc(-c2nc3ccc(N4CCO[C@@H](C)C4)cn3n2)c2cc(NC(=O)C3(F)CC3)ncc12. The van der Waals surface area contributed by atoms with Crippen LogP contribution in [0, 0.1) is 0 Å². The number of nitrogens with one attached hydrogen (secondary N) is 2. The summed E-state index contributed by atoms with van der Waals surface area (Å²) in [5, 5.41) is 12.1. The Hall–Kier alpha value is -3.67. The summed E-state index contributed by atoms with van der Waals surface area (Å²) in [6, 6.07) is 5.72. The molecule has 1 aliphatic heterocycles. The summed E-state index contributed by atoms with van der Waals surface area (Å²) in [4.78, 5) is 28.4. The number of amides is 1. The van der Waals surface area contributed by atoms with Crippen LogP contribution in [0.4, 0.5) is 21.7 Å². The van der Waals surface area contributed by atoms with Gasteiger partial charge in [-0.1, -0.05) is 0 Å². The molecule has 38 heavy (non-hydrogen) atoms. The molecule has 192 valence electrons. The van der Waals surface area contributed by atoms with Gasteiger partial charge in [-0.15, -0.1) is 5.10 Å². The Bertz CT molecular complexity index is 1560. The van der Waals surface area contributed by atoms with Gasteiger partial charge in [-0.3, -0.25) is 4.79 Å². The summed E-state index contributed by atoms with van der Waals surface area (Å²) in [6.07, 6.45) is 5.97. The molecule has 2 fully saturated rings. The minimum atomic E-state index is -1.80. The van der Waals surface area contributed by atoms with Crippen molar-refractivity contribution in [2.75, 3.05) is 35.2 Å². The fraction of sp³-hybridized carbons (Fsp3) is 0.375. The van der Waals surface area contributed by atoms with Crippen molar-refractivity contribution in [3.63, 3.8) is 0 Å². The lowest BCUT2D eigenvalue weighted by Crippen LogP contribution is -2.41. The van der Waals surface area contributed by atoms with E-state index in [1.54, 1.807) is 23.0 Å². The maximum absolute atomic E-state index is 14.3. The van der Waals surface area contributed by atoms with Crippen LogP contribution >= 0.6 is 0 Å². The van der Waals surface area contributed by atoms with E-state index in [-0.39, 0.29) is 30.0 Å². The summed E-state index contributed by atoms with van der Waals surface area (Å²) in [5.41, 5.74) is 0.636. The Morgan fingerprint density at radius 2 is 2.03 bits per heavy atom. The first-order valence-corrected chi connectivity index (χ1v) is 12.9. The summed E-state index contributed by atoms with van der Waals surface area (Å²) in [5.74, 6) is 0.750. The van der Waals surface area contributed by atoms with Crippen LogP contribution in [0.1, 0.15) is 19.8 Å². The minimum Gasteiger partial charge on any atom is -0.387 e. The number of carbonyl (C=O) groups excluding carboxylic acids is 1. The smallest absolute Gasteiger partial charge is 0.263 e. The molecule has 6 rings (SSSR count). The van der Waals surface area contributed by atoms with E-state index in [9.17, 15) is 9.18 Å². The molecule has 1 aliphatic carbocycles. The zero-order valence-electron chi connectivity index (χ0n) is 22.0. The quantitative estimate of drug-likeness (QED) is 0.346. The number of alkyl halides is 1. The molecule has 1 saturated heterocycles. The molecular formula is C24H28B3FN8O2. The van der Waals surface area contributed by atoms with E-state index in [2.05, 4.69) is 32.4 Å². The van der Waals surface area contributed by atoms with Crippen molar-refractivity contribution in [2.45, 2.75) is 36.8 Å². The first-order chi connectivity index (χ1) is 18.1. The van der Waals surface area contributed by atoms with Crippen LogP contribution in [-0.4, -0.2) is 90.7 Å². The fourth-order valence-electron chi connectivity index (χ4n) is 4.63. The normalized spacial score (nSPS) is 19.0. The van der Waals surface area contributed by atoms with Crippen molar-refractivity contribution in [1.82, 2.24) is 24.6 Å². The van der Waals surface area contributed by atoms with Gasteiger partial charge in [-0.2, -0.15) is 0 Å². The van der Waals surface area contributed by atoms with Crippen molar-refractivity contribution in [3.05, 3.63) is 36.8 Å². The Labute approximate surface area is 222 Å². The topological polar surface area (TPSA) is 110 Å². The van der Waals surface area contributed by atoms with Crippen molar-refractivity contribution < 1.29 is 13.9 Å². The van der Waals surface area contributed by atoms with E-state index >= 15 is 0 Å². The lowest BCUT2D eigenvalue weighted by molar-refractivity contribution is -0.122. The molecule has 0 radical (unpaired) electrons. The van der Waals surface area contributed by atoms with Gasteiger partial charge in [-0.25, -0.2) is 23.9 Å². The van der Waals surface area contributed by atoms with E-state index < -0.39 is 11.6 Å². The van der Waals surface area contributed by atoms with Crippen LogP contribution in [0.15, 0.2) is 36.8 Å². The van der Waals surface area contributed by atoms with Crippen LogP contribution in [0.25, 0.3) is 27.8 Å². The van der Waals surface area contributed by atoms with Crippen LogP contribution in [0.3, 0.4) is 0 Å². The molecule has 0 spiro atoms. The number of nitrogens with zero attached hydrogens (tertiary/aromatic N) is 6. The number of halogens is 1. The maximum atomic E-state index is 14.3. The number of rotatable bonds is 6. The van der Waals surface area contributed by atoms with Gasteiger partial charge in [-0.05, 0) is 43.2 Å². The third-order valence-electron chi connectivity index (χ3n) is 6.77. The Kier molecular flexibility index (Phi) is 5.82. The highest BCUT2D eigenvalue weighted by molar-refractivity contribution is 6.60. The second-order valence-electron chi connectivity index (χ2n) is 11.2. The van der Waals surface area contributed by atoms with Crippen molar-refractivity contribution >= 4 is 63.2 Å². The molecule has 0 unspecified atom stereocenters. The molecule has 1 saturated carbocycles. The summed E-state index contributed by atoms with van der Waals surface area (Å²) in [6.45, 7) is 4.38. The average molecular weight is 512 g/mol. The third kappa shape index (κ3) is 4.80. The predicted octanol–water partition coefficient (Wildman–Crippen LogP) is -0.0723. The van der Waals surface area contributed by atoms with Crippen LogP contribution in [0.5, 0.6) is 0 Å². The number of fused-ring (bicyclic) bond motifs is 2. The molecule has 4 aromatic heterocycles. The first kappa shape index (κ1) is 24.7. The highest BCUT2D eigenvalue weighted by Gasteiger charge is 2.51. The second kappa shape index (κ2) is 8.97. The summed E-state index contributed by atoms with van der Waals surface area (Å²) < 4.78 is 21.7. The van der Waals surface area contributed by atoms with Crippen LogP contribution < -0.4 is 15.5 Å². The average Bonchev–Trinajstić information content (AvgIpc) is 3.48. The lowest BCUT2D eigenvalue weighted by atomic mass is 9.49. The van der Waals surface area contributed by atoms with Gasteiger partial charge in [0.15, 0.2) is 17.1 Å². The van der Waals surface area contributed by atoms with Crippen LogP contribution in [0.2, 0.25) is 0 Å². The van der Waals surface area contributed by atoms with Gasteiger partial charge in [0.1, 0.15) is 35.2 Å². The van der Waals surface area contributed by atoms with Crippen LogP contribution in [-0.2, 0) is 9.53 Å². The molecule has 0 aromatic carbocycles. The van der Waals surface area contributed by atoms with E-state index in [0.717, 1.165) is 29.5 Å². The Morgan fingerprint density at radius 3 is 2.76 bits per heavy atom. The van der Waals surface area contributed by atoms with E-state index in [0.29, 0.717) is 29.5 Å². The predicted molar refractivity (Wildman–Crippen MR) is 153 cm³/mol. The largest absolute Gasteiger partial charge is 0.387 e. The minimum absolute atomic E-state index is 0.166. The molecule has 4 aromatic rings. The number of morpholine rings is 1. The number of anilines is 3. The maximum Gasteiger partial charge on any atom is 0.263 e. The zero-order valence-corrected chi connectivity index (χ0v) is 22.0. The highest BCUT2D eigenvalue weighted by Crippen LogP contribution is 2.41. The van der Waals surface area contributed by atoms with Gasteiger partial charge in [0.25, 0.3) is 5.91 Å². The zero-order chi connectivity index (χ0) is 26.7. The standard InChI is InChI=1S/C24H28B3FN8O2/c1-13-11-35(6-7-38-13)14-2-3-19-32-21(34-36(19)12-14)17-10-30-20(33-24(25,26)27)16-9-29-18(8-15(16)17)31-22(37)23(28)4-5-23/h2-3,8-10,12-13H,4-7,11,25-27H2,1H3,(H,30,33)(H,29,31,37)/t13-/m0/s1. The first-order valence-electron chi connectivity index (χ1n) is 12.9. The molecular weight excluding hydrogens is 484 g/mol. The lowest BCUT2D eigenvalue weighted by Gasteiger charge is -2.32. The summed E-state index contributed by atoms with van der Waals surface area (Å²) in [7, 11) is 6.13. The Morgan fingerprint density at radius 1 is 1.21 bits per heavy atom. The molecule has 0 bridgehead atoms. The molecule has 1 atom stereocenters. The fourth-order valence-corrected chi connectivity index (χ4v) is 4.63. The van der Waals surface area contributed by atoms with Crippen molar-refractivity contribution in [3.8, 4) is 11.4 Å². The summed E-state index contributed by atoms with van der Waals surface area (Å²) >= 11 is 0. The van der Waals surface area contributed by atoms with E-state index in [4.69, 9.17) is 14.8 Å². The molecule has 2 N–H and O–H groups in total. The molecule has 10 nitrogen and oxygen atoms in total. The van der Waals surface area contributed by atoms with Gasteiger partial charge in [0, 0.05) is 41.8 Å². The van der Waals surface area contributed by atoms with E-state index in [1.165, 1.54) is 0 Å². The highest BCUT2D eigenvalue weighted by atomic mass is 19.1. The molecule has 2 aliphatic rings. The molecule has 14 heteroatoms. The number of pyridine rings is 3. The number of hydrogen-bond donors (Lipinski definition) is 2. The molecule has 1 amide bonds. The van der Waals surface area contributed by atoms with Gasteiger partial charge >= 0.3 is 0 Å². The van der Waals surface area contributed by atoms with Gasteiger partial charge in [0.05, 0.1) is 24.6 Å². The van der Waals surface area contributed by atoms with Crippen molar-refractivity contribution in [1.29, 1.82) is 0 Å². The van der Waals surface area contributed by atoms with Gasteiger partial charge < -0.3 is 20.3 Å². The Balaban J connectivity index is 1.41. The van der Waals surface area contributed by atoms with E-state index in [1.807, 2.05) is 41.9 Å². The number of ether oxygens (including phenoxy) is 1. The number of aromatic nitrogens is 5. The molecule has 5 heterocycles. The third-order valence-corrected chi connectivity index (χ3v) is 6.77. The number of hydrogen-bond acceptors (Lipinski definition) is 8. The van der Waals surface area contributed by atoms with Crippen molar-refractivity contribution in [2.24, 2.45) is 0 Å². The second-order valence-corrected chi connectivity index (χ2v) is 11.2. The number of carbonyl (C=O) groups is 1.